The van der Waals surface area contributed by atoms with Crippen molar-refractivity contribution in [1.82, 2.24) is 20.9 Å². The Bertz CT molecular complexity index is 5870. The van der Waals surface area contributed by atoms with Gasteiger partial charge < -0.3 is 61.7 Å². The van der Waals surface area contributed by atoms with Crippen LogP contribution in [0.5, 0.6) is 0 Å². The number of nitrogens with zero attached hydrogens (tertiary/aromatic N) is 5. The molecule has 8 aliphatic rings. The van der Waals surface area contributed by atoms with Gasteiger partial charge in [-0.2, -0.15) is 0 Å². The molecule has 8 heterocycles. The number of carbonyl (C=O) groups excluding carboxylic acids is 4. The lowest BCUT2D eigenvalue weighted by Gasteiger charge is -2.50. The minimum atomic E-state index is -0.305. The van der Waals surface area contributed by atoms with Gasteiger partial charge in [0, 0.05) is 174 Å². The van der Waals surface area contributed by atoms with Crippen LogP contribution >= 0.6 is 0 Å². The second-order valence-electron chi connectivity index (χ2n) is 40.7. The Balaban J connectivity index is 0.000000125. The van der Waals surface area contributed by atoms with Crippen LogP contribution in [-0.4, -0.2) is 113 Å². The molecule has 8 amide bonds. The van der Waals surface area contributed by atoms with E-state index in [0.29, 0.717) is 38.0 Å². The van der Waals surface area contributed by atoms with Gasteiger partial charge in [0.1, 0.15) is 0 Å². The molecule has 135 heavy (non-hydrogen) atoms. The van der Waals surface area contributed by atoms with E-state index in [4.69, 9.17) is 0 Å². The van der Waals surface area contributed by atoms with Gasteiger partial charge in [-0.3, -0.25) is 0 Å². The first-order valence-electron chi connectivity index (χ1n) is 49.6. The van der Waals surface area contributed by atoms with Crippen molar-refractivity contribution in [2.45, 2.75) is 198 Å². The maximum absolute atomic E-state index is 12.9. The lowest BCUT2D eigenvalue weighted by Crippen LogP contribution is -2.47. The van der Waals surface area contributed by atoms with E-state index >= 15 is 0 Å². The molecule has 0 fully saturated rings. The highest BCUT2D eigenvalue weighted by Crippen LogP contribution is 2.59. The van der Waals surface area contributed by atoms with Crippen LogP contribution in [0.15, 0.2) is 291 Å². The minimum Gasteiger partial charge on any atom is -0.371 e. The predicted octanol–water partition coefficient (Wildman–Crippen LogP) is 25.8. The number of hydrogen-bond acceptors (Lipinski definition) is 8. The van der Waals surface area contributed by atoms with Crippen molar-refractivity contribution in [2.24, 2.45) is 0 Å². The van der Waals surface area contributed by atoms with E-state index in [-0.39, 0.29) is 62.2 Å². The highest BCUT2D eigenvalue weighted by atomic mass is 16.2. The maximum atomic E-state index is 12.9. The fraction of sp³-hybridized carbons (Fsp3) is 0.361. The molecule has 12 aromatic carbocycles. The van der Waals surface area contributed by atoms with Gasteiger partial charge in [0.2, 0.25) is 0 Å². The van der Waals surface area contributed by atoms with E-state index in [1.807, 2.05) is 46.4 Å². The van der Waals surface area contributed by atoms with Crippen LogP contribution in [0.4, 0.5) is 64.7 Å². The van der Waals surface area contributed by atoms with Crippen molar-refractivity contribution in [2.75, 3.05) is 119 Å². The van der Waals surface area contributed by atoms with Crippen molar-refractivity contribution >= 4 is 69.6 Å². The van der Waals surface area contributed by atoms with Gasteiger partial charge in [0.15, 0.2) is 0 Å². The molecule has 16 heteroatoms. The third kappa shape index (κ3) is 18.9. The Labute approximate surface area is 801 Å². The first-order chi connectivity index (χ1) is 65.2. The Morgan fingerprint density at radius 3 is 0.830 bits per heavy atom. The van der Waals surface area contributed by atoms with Crippen LogP contribution in [0.2, 0.25) is 0 Å². The second kappa shape index (κ2) is 39.5. The number of hydrogen-bond donors (Lipinski definition) is 7. The molecule has 698 valence electrons. The zero-order chi connectivity index (χ0) is 94.4. The summed E-state index contributed by atoms with van der Waals surface area (Å²) in [6.07, 6.45) is 9.41. The molecule has 0 aliphatic carbocycles. The summed E-state index contributed by atoms with van der Waals surface area (Å²) < 4.78 is 0. The van der Waals surface area contributed by atoms with Crippen molar-refractivity contribution in [3.63, 3.8) is 0 Å². The number of benzene rings is 12. The van der Waals surface area contributed by atoms with E-state index < -0.39 is 0 Å². The lowest BCUT2D eigenvalue weighted by molar-refractivity contribution is 0.217. The standard InChI is InChI=1S/C31H37N3O.C30H35N3O.2C29H33N3O/c1-29(2,3)33-28(35)32-24-20-25-27-26(21-24)31(5,23-14-10-7-11-15-23)17-19-34(27)18-16-30(25,4)22-12-8-6-9-13-22;1-4-17-31-28(34)32-24-20-25-27-26(21-24)30(3,23-13-9-6-10-14-23)16-19-33(27)18-15-29(25,2)22-11-7-5-8-12-22;1-4-30-27(33)31-23-19-24-26-25(20-23)29(3,22-13-9-6-10-14-22)16-18-32(26)17-15-28(24,2)21-11-7-5-8-12-21;1-3-31(4-2)29(33)30-23-19-26-24(21-11-7-5-8-12-21)15-17-32-18-16-25(27(20-23)28(26)32)22-13-9-6-10-14-22/h6-15,20-21H,16-19H2,1-5H3,(H2,32,33,35);5-14,20-21H,4,15-19H2,1-3H3,(H2,31,32,34);5-14,19-20H,4,15-18H2,1-3H3,(H2,30,31,33);5-14,19-20,24-25H,3-4,15-18H2,1-2H3,(H,30,33)/t30-,31-;29-,30-;28-,29-;24-,25?/m0000/s1. The first kappa shape index (κ1) is 93.7. The second-order valence-corrected chi connectivity index (χ2v) is 40.7. The number of amides is 8. The summed E-state index contributed by atoms with van der Waals surface area (Å²) in [7, 11) is 0. The third-order valence-corrected chi connectivity index (χ3v) is 31.1. The van der Waals surface area contributed by atoms with Crippen molar-refractivity contribution in [3.05, 3.63) is 380 Å². The molecule has 0 saturated heterocycles. The van der Waals surface area contributed by atoms with Crippen LogP contribution in [-0.2, 0) is 32.5 Å². The van der Waals surface area contributed by atoms with E-state index in [1.165, 1.54) is 112 Å². The third-order valence-electron chi connectivity index (χ3n) is 31.1. The van der Waals surface area contributed by atoms with E-state index in [0.717, 1.165) is 133 Å². The molecule has 20 rings (SSSR count). The molecule has 0 aromatic heterocycles. The quantitative estimate of drug-likeness (QED) is 0.0473. The monoisotopic (exact) mass is 1800 g/mol. The number of rotatable bonds is 17. The molecule has 0 bridgehead atoms. The normalized spacial score (nSPS) is 22.3. The van der Waals surface area contributed by atoms with Gasteiger partial charge >= 0.3 is 24.1 Å². The zero-order valence-corrected chi connectivity index (χ0v) is 81.6. The van der Waals surface area contributed by atoms with Crippen molar-refractivity contribution in [3.8, 4) is 0 Å². The highest BCUT2D eigenvalue weighted by Gasteiger charge is 2.50. The number of nitrogens with one attached hydrogen (secondary N) is 7. The number of urea groups is 4. The van der Waals surface area contributed by atoms with Crippen LogP contribution in [0, 0.1) is 0 Å². The molecule has 12 aromatic rings. The van der Waals surface area contributed by atoms with Gasteiger partial charge in [0.25, 0.3) is 0 Å². The summed E-state index contributed by atoms with van der Waals surface area (Å²) in [5.74, 6) is 0.687. The fourth-order valence-corrected chi connectivity index (χ4v) is 23.2. The molecule has 1 unspecified atom stereocenters. The molecule has 8 aliphatic heterocycles. The summed E-state index contributed by atoms with van der Waals surface area (Å²) in [4.78, 5) is 63.1. The van der Waals surface area contributed by atoms with E-state index in [9.17, 15) is 19.2 Å². The van der Waals surface area contributed by atoms with Crippen molar-refractivity contribution < 1.29 is 19.2 Å². The van der Waals surface area contributed by atoms with Crippen LogP contribution in [0.25, 0.3) is 0 Å². The number of anilines is 8. The fourth-order valence-electron chi connectivity index (χ4n) is 23.2. The topological polar surface area (TPSA) is 169 Å². The first-order valence-corrected chi connectivity index (χ1v) is 49.6. The molecule has 7 N–H and O–H groups in total. The van der Waals surface area contributed by atoms with Gasteiger partial charge in [-0.05, 0) is 237 Å². The summed E-state index contributed by atoms with van der Waals surface area (Å²) in [5, 5.41) is 21.6. The van der Waals surface area contributed by atoms with Gasteiger partial charge in [-0.1, -0.05) is 291 Å². The molecular formula is C119H138N12O4. The summed E-state index contributed by atoms with van der Waals surface area (Å²) in [6, 6.07) is 104. The lowest BCUT2D eigenvalue weighted by atomic mass is 9.64. The summed E-state index contributed by atoms with van der Waals surface area (Å²) in [5.41, 5.74) is 29.1. The average Bonchev–Trinajstić information content (AvgIpc) is 0.705. The smallest absolute Gasteiger partial charge is 0.321 e. The number of carbonyl (C=O) groups is 4. The molecule has 0 spiro atoms. The summed E-state index contributed by atoms with van der Waals surface area (Å²) >= 11 is 0. The Morgan fingerprint density at radius 1 is 0.319 bits per heavy atom. The minimum absolute atomic E-state index is 0.0249. The Morgan fingerprint density at radius 2 is 0.570 bits per heavy atom. The van der Waals surface area contributed by atoms with E-state index in [1.54, 1.807) is 0 Å². The molecule has 16 nitrogen and oxygen atoms in total. The SMILES string of the molecule is CC(C)(C)NC(=O)Nc1cc2c3c(c1)[C@](C)(c1ccccc1)CCN3CC[C@@]2(C)c1ccccc1.CCCNC(=O)Nc1cc2c3c(c1)[C@](C)(c1ccccc1)CCN3CC[C@@]2(C)c1ccccc1.CCN(CC)C(=O)Nc1cc2c3c(c1)[C@H](c1ccccc1)CCN3CCC2c1ccccc1.CCNC(=O)Nc1cc2c3c(c1)[C@](C)(c1ccccc1)CCN3CC[C@@]2(C)c1ccccc1. The molecule has 0 radical (unpaired) electrons. The van der Waals surface area contributed by atoms with Crippen LogP contribution in [0.3, 0.4) is 0 Å². The Hall–Kier alpha value is -13.1. The summed E-state index contributed by atoms with van der Waals surface area (Å²) in [6.45, 7) is 39.3. The largest absolute Gasteiger partial charge is 0.371 e. The maximum Gasteiger partial charge on any atom is 0.321 e. The predicted molar refractivity (Wildman–Crippen MR) is 559 cm³/mol. The molecule has 0 saturated carbocycles. The average molecular weight is 1800 g/mol. The Kier molecular flexibility index (Phi) is 27.4. The van der Waals surface area contributed by atoms with Crippen LogP contribution in [0.1, 0.15) is 249 Å². The van der Waals surface area contributed by atoms with Crippen molar-refractivity contribution in [1.29, 1.82) is 0 Å². The molecule has 8 atom stereocenters. The molecular weight excluding hydrogens is 1660 g/mol. The van der Waals surface area contributed by atoms with Gasteiger partial charge in [-0.15, -0.1) is 0 Å². The highest BCUT2D eigenvalue weighted by molar-refractivity contribution is 5.94. The van der Waals surface area contributed by atoms with Gasteiger partial charge in [-0.25, -0.2) is 19.2 Å². The van der Waals surface area contributed by atoms with Gasteiger partial charge in [0.05, 0.1) is 0 Å². The zero-order valence-electron chi connectivity index (χ0n) is 81.6. The van der Waals surface area contributed by atoms with E-state index in [2.05, 4.69) is 396 Å². The van der Waals surface area contributed by atoms with Crippen LogP contribution < -0.4 is 56.8 Å².